The number of aromatic nitrogens is 1. The van der Waals surface area contributed by atoms with Gasteiger partial charge in [-0.25, -0.2) is 14.2 Å². The van der Waals surface area contributed by atoms with Crippen molar-refractivity contribution in [2.24, 2.45) is 0 Å². The van der Waals surface area contributed by atoms with Crippen molar-refractivity contribution in [2.75, 3.05) is 24.7 Å². The van der Waals surface area contributed by atoms with Gasteiger partial charge in [0, 0.05) is 0 Å². The molecule has 1 aliphatic heterocycles. The molecular weight excluding hydrogens is 539 g/mol. The van der Waals surface area contributed by atoms with E-state index in [0.29, 0.717) is 36.0 Å². The number of esters is 1. The van der Waals surface area contributed by atoms with Gasteiger partial charge in [0.05, 0.1) is 42.5 Å². The summed E-state index contributed by atoms with van der Waals surface area (Å²) in [5, 5.41) is 0.190. The van der Waals surface area contributed by atoms with Crippen molar-refractivity contribution in [3.8, 4) is 11.5 Å². The fourth-order valence-corrected chi connectivity index (χ4v) is 5.61. The standard InChI is InChI=1S/C29H27FN2O7S/c1-5-12-38-20-10-8-16(13-21(20)36-6-2)23-22-24(33)18-14-17(30)9-11-19(18)39-25(22)27(34)32(23)29-31-15(4)26(40-29)28(35)37-7-3/h8-11,13-14,23H,5-7,12H2,1-4H3. The summed E-state index contributed by atoms with van der Waals surface area (Å²) in [6, 6.07) is 7.72. The maximum atomic E-state index is 14.1. The molecule has 5 rings (SSSR count). The first-order valence-electron chi connectivity index (χ1n) is 12.9. The van der Waals surface area contributed by atoms with E-state index in [1.54, 1.807) is 32.0 Å². The summed E-state index contributed by atoms with van der Waals surface area (Å²) in [4.78, 5) is 46.3. The topological polar surface area (TPSA) is 108 Å². The largest absolute Gasteiger partial charge is 0.490 e. The molecule has 9 nitrogen and oxygen atoms in total. The van der Waals surface area contributed by atoms with Gasteiger partial charge in [-0.2, -0.15) is 0 Å². The van der Waals surface area contributed by atoms with Gasteiger partial charge in [0.15, 0.2) is 22.1 Å². The third-order valence-electron chi connectivity index (χ3n) is 6.33. The quantitative estimate of drug-likeness (QED) is 0.234. The number of amides is 1. The number of aryl methyl sites for hydroxylation is 1. The Bertz CT molecular complexity index is 1680. The summed E-state index contributed by atoms with van der Waals surface area (Å²) in [7, 11) is 0. The molecule has 4 aromatic rings. The fourth-order valence-electron chi connectivity index (χ4n) is 4.62. The van der Waals surface area contributed by atoms with Gasteiger partial charge in [-0.05, 0) is 63.1 Å². The second kappa shape index (κ2) is 11.1. The van der Waals surface area contributed by atoms with Gasteiger partial charge in [0.2, 0.25) is 5.76 Å². The summed E-state index contributed by atoms with van der Waals surface area (Å²) in [6.07, 6.45) is 0.794. The fraction of sp³-hybridized carbons (Fsp3) is 0.310. The molecule has 0 spiro atoms. The third kappa shape index (κ3) is 4.70. The number of halogens is 1. The minimum Gasteiger partial charge on any atom is -0.490 e. The number of ether oxygens (including phenoxy) is 3. The van der Waals surface area contributed by atoms with E-state index in [1.807, 2.05) is 13.8 Å². The molecule has 2 aromatic heterocycles. The van der Waals surface area contributed by atoms with Gasteiger partial charge < -0.3 is 18.6 Å². The monoisotopic (exact) mass is 566 g/mol. The Morgan fingerprint density at radius 2 is 1.88 bits per heavy atom. The van der Waals surface area contributed by atoms with E-state index in [9.17, 15) is 18.8 Å². The second-order valence-electron chi connectivity index (χ2n) is 9.01. The summed E-state index contributed by atoms with van der Waals surface area (Å²) in [6.45, 7) is 8.17. The number of nitrogens with zero attached hydrogens (tertiary/aromatic N) is 2. The Morgan fingerprint density at radius 3 is 2.60 bits per heavy atom. The Balaban J connectivity index is 1.74. The molecule has 0 saturated carbocycles. The second-order valence-corrected chi connectivity index (χ2v) is 9.99. The number of rotatable bonds is 9. The van der Waals surface area contributed by atoms with Gasteiger partial charge in [-0.3, -0.25) is 14.5 Å². The van der Waals surface area contributed by atoms with E-state index < -0.39 is 29.2 Å². The average Bonchev–Trinajstić information content (AvgIpc) is 3.46. The minimum absolute atomic E-state index is 0.00821. The Morgan fingerprint density at radius 1 is 1.07 bits per heavy atom. The van der Waals surface area contributed by atoms with Crippen molar-refractivity contribution in [1.82, 2.24) is 4.98 Å². The zero-order chi connectivity index (χ0) is 28.6. The summed E-state index contributed by atoms with van der Waals surface area (Å²) >= 11 is 0.979. The normalized spacial score (nSPS) is 14.5. The Labute approximate surface area is 233 Å². The van der Waals surface area contributed by atoms with Crippen LogP contribution in [0.15, 0.2) is 45.6 Å². The van der Waals surface area contributed by atoms with E-state index in [-0.39, 0.29) is 38.9 Å². The number of carbonyl (C=O) groups excluding carboxylic acids is 2. The minimum atomic E-state index is -0.994. The number of hydrogen-bond acceptors (Lipinski definition) is 9. The Kier molecular flexibility index (Phi) is 7.57. The van der Waals surface area contributed by atoms with Crippen LogP contribution in [0, 0.1) is 12.7 Å². The number of thiazole rings is 1. The molecule has 0 radical (unpaired) electrons. The molecule has 11 heteroatoms. The van der Waals surface area contributed by atoms with Crippen LogP contribution >= 0.6 is 11.3 Å². The van der Waals surface area contributed by atoms with E-state index in [0.717, 1.165) is 29.9 Å². The predicted octanol–water partition coefficient (Wildman–Crippen LogP) is 5.81. The number of benzene rings is 2. The predicted molar refractivity (Wildman–Crippen MR) is 147 cm³/mol. The van der Waals surface area contributed by atoms with Crippen LogP contribution in [0.25, 0.3) is 11.0 Å². The smallest absolute Gasteiger partial charge is 0.350 e. The van der Waals surface area contributed by atoms with Crippen molar-refractivity contribution in [1.29, 1.82) is 0 Å². The van der Waals surface area contributed by atoms with Crippen LogP contribution in [0.1, 0.15) is 70.3 Å². The maximum absolute atomic E-state index is 14.1. The molecule has 0 N–H and O–H groups in total. The first kappa shape index (κ1) is 27.3. The molecule has 2 aromatic carbocycles. The first-order chi connectivity index (χ1) is 19.3. The number of fused-ring (bicyclic) bond motifs is 2. The molecule has 1 aliphatic rings. The number of carbonyl (C=O) groups is 2. The van der Waals surface area contributed by atoms with Crippen LogP contribution < -0.4 is 19.8 Å². The van der Waals surface area contributed by atoms with Crippen molar-refractivity contribution < 1.29 is 32.6 Å². The molecule has 0 bridgehead atoms. The molecule has 0 saturated heterocycles. The van der Waals surface area contributed by atoms with Crippen LogP contribution in [-0.4, -0.2) is 36.7 Å². The highest BCUT2D eigenvalue weighted by Gasteiger charge is 2.45. The molecule has 1 unspecified atom stereocenters. The lowest BCUT2D eigenvalue weighted by molar-refractivity contribution is 0.0531. The molecule has 0 fully saturated rings. The highest BCUT2D eigenvalue weighted by molar-refractivity contribution is 7.17. The van der Waals surface area contributed by atoms with Gasteiger partial charge >= 0.3 is 5.97 Å². The third-order valence-corrected chi connectivity index (χ3v) is 7.47. The molecule has 0 aliphatic carbocycles. The lowest BCUT2D eigenvalue weighted by Gasteiger charge is -2.23. The van der Waals surface area contributed by atoms with Crippen LogP contribution in [0.5, 0.6) is 11.5 Å². The average molecular weight is 567 g/mol. The van der Waals surface area contributed by atoms with Gasteiger partial charge in [-0.1, -0.05) is 24.3 Å². The van der Waals surface area contributed by atoms with Gasteiger partial charge in [0.1, 0.15) is 16.3 Å². The maximum Gasteiger partial charge on any atom is 0.350 e. The molecular formula is C29H27FN2O7S. The van der Waals surface area contributed by atoms with Crippen LogP contribution in [-0.2, 0) is 4.74 Å². The lowest BCUT2D eigenvalue weighted by atomic mass is 9.98. The highest BCUT2D eigenvalue weighted by atomic mass is 32.1. The lowest BCUT2D eigenvalue weighted by Crippen LogP contribution is -2.29. The zero-order valence-electron chi connectivity index (χ0n) is 22.4. The first-order valence-corrected chi connectivity index (χ1v) is 13.7. The summed E-state index contributed by atoms with van der Waals surface area (Å²) < 4.78 is 36.9. The van der Waals surface area contributed by atoms with Crippen molar-refractivity contribution in [2.45, 2.75) is 40.2 Å². The van der Waals surface area contributed by atoms with E-state index >= 15 is 0 Å². The molecule has 208 valence electrons. The number of hydrogen-bond donors (Lipinski definition) is 0. The van der Waals surface area contributed by atoms with Crippen molar-refractivity contribution in [3.05, 3.63) is 79.9 Å². The molecule has 3 heterocycles. The summed E-state index contributed by atoms with van der Waals surface area (Å²) in [5.41, 5.74) is 0.483. The van der Waals surface area contributed by atoms with Crippen LogP contribution in [0.2, 0.25) is 0 Å². The molecule has 40 heavy (non-hydrogen) atoms. The van der Waals surface area contributed by atoms with E-state index in [1.165, 1.54) is 11.0 Å². The van der Waals surface area contributed by atoms with Gasteiger partial charge in [0.25, 0.3) is 5.91 Å². The van der Waals surface area contributed by atoms with E-state index in [4.69, 9.17) is 18.6 Å². The Hall–Kier alpha value is -4.25. The van der Waals surface area contributed by atoms with Crippen LogP contribution in [0.4, 0.5) is 9.52 Å². The molecule has 1 atom stereocenters. The van der Waals surface area contributed by atoms with E-state index in [2.05, 4.69) is 4.98 Å². The molecule has 1 amide bonds. The zero-order valence-corrected chi connectivity index (χ0v) is 23.2. The number of anilines is 1. The van der Waals surface area contributed by atoms with Crippen molar-refractivity contribution in [3.63, 3.8) is 0 Å². The highest BCUT2D eigenvalue weighted by Crippen LogP contribution is 2.45. The SMILES string of the molecule is CCCOc1ccc(C2c3c(oc4ccc(F)cc4c3=O)C(=O)N2c2nc(C)c(C(=O)OCC)s2)cc1OCC. The summed E-state index contributed by atoms with van der Waals surface area (Å²) in [5.74, 6) is -1.00. The van der Waals surface area contributed by atoms with Crippen LogP contribution in [0.3, 0.4) is 0 Å². The van der Waals surface area contributed by atoms with Crippen molar-refractivity contribution >= 4 is 39.3 Å². The van der Waals surface area contributed by atoms with Gasteiger partial charge in [-0.15, -0.1) is 0 Å².